The number of carbonyl (C=O) groups excluding carboxylic acids is 1. The van der Waals surface area contributed by atoms with E-state index in [1.807, 2.05) is 72.5 Å². The number of nitrogens with zero attached hydrogens (tertiary/aromatic N) is 2. The number of phenolic OH excluding ortho intramolecular Hbond substituents is 1. The smallest absolute Gasteiger partial charge is 0.258 e. The zero-order valence-electron chi connectivity index (χ0n) is 17.7. The molecule has 1 aliphatic heterocycles. The number of hydrogen-bond donors (Lipinski definition) is 1. The van der Waals surface area contributed by atoms with Crippen molar-refractivity contribution in [2.24, 2.45) is 0 Å². The molecule has 3 aromatic rings. The van der Waals surface area contributed by atoms with Gasteiger partial charge in [0.1, 0.15) is 5.75 Å². The van der Waals surface area contributed by atoms with Crippen LogP contribution in [0, 0.1) is 6.92 Å². The molecule has 0 aliphatic carbocycles. The quantitative estimate of drug-likeness (QED) is 0.563. The lowest BCUT2D eigenvalue weighted by molar-refractivity contribution is 0.0958. The Balaban J connectivity index is 1.50. The van der Waals surface area contributed by atoms with Gasteiger partial charge < -0.3 is 10.0 Å². The first-order valence-corrected chi connectivity index (χ1v) is 11.0. The maximum atomic E-state index is 13.5. The molecule has 0 saturated carbocycles. The number of aromatic hydroxyl groups is 1. The third kappa shape index (κ3) is 5.09. The maximum Gasteiger partial charge on any atom is 0.258 e. The van der Waals surface area contributed by atoms with E-state index in [1.165, 1.54) is 0 Å². The first-order chi connectivity index (χ1) is 15.0. The van der Waals surface area contributed by atoms with Crippen molar-refractivity contribution in [1.29, 1.82) is 0 Å². The molecule has 1 N–H and O–H groups in total. The topological polar surface area (TPSA) is 43.8 Å². The Morgan fingerprint density at radius 1 is 1.03 bits per heavy atom. The highest BCUT2D eigenvalue weighted by atomic mass is 35.5. The van der Waals surface area contributed by atoms with Crippen LogP contribution in [0.2, 0.25) is 5.02 Å². The molecule has 1 heterocycles. The summed E-state index contributed by atoms with van der Waals surface area (Å²) in [6.45, 7) is 4.37. The van der Waals surface area contributed by atoms with Crippen LogP contribution in [0.25, 0.3) is 0 Å². The molecule has 0 unspecified atom stereocenters. The van der Waals surface area contributed by atoms with Crippen molar-refractivity contribution < 1.29 is 9.90 Å². The zero-order chi connectivity index (χ0) is 21.8. The van der Waals surface area contributed by atoms with E-state index in [0.717, 1.165) is 42.7 Å². The molecule has 5 heteroatoms. The first-order valence-electron chi connectivity index (χ1n) is 10.7. The minimum atomic E-state index is 0.0390. The molecule has 4 rings (SSSR count). The Kier molecular flexibility index (Phi) is 6.59. The van der Waals surface area contributed by atoms with Gasteiger partial charge in [-0.2, -0.15) is 0 Å². The number of carbonyl (C=O) groups is 1. The summed E-state index contributed by atoms with van der Waals surface area (Å²) in [5.74, 6) is 0.309. The Labute approximate surface area is 188 Å². The average molecular weight is 435 g/mol. The predicted octanol–water partition coefficient (Wildman–Crippen LogP) is 5.67. The Hall–Kier alpha value is -2.82. The summed E-state index contributed by atoms with van der Waals surface area (Å²) in [4.78, 5) is 17.7. The van der Waals surface area contributed by atoms with E-state index in [-0.39, 0.29) is 17.7 Å². The van der Waals surface area contributed by atoms with E-state index in [1.54, 1.807) is 12.1 Å². The van der Waals surface area contributed by atoms with Crippen molar-refractivity contribution in [2.75, 3.05) is 18.0 Å². The molecule has 3 aromatic carbocycles. The van der Waals surface area contributed by atoms with Gasteiger partial charge in [0.15, 0.2) is 0 Å². The Morgan fingerprint density at radius 2 is 1.71 bits per heavy atom. The monoisotopic (exact) mass is 434 g/mol. The van der Waals surface area contributed by atoms with E-state index >= 15 is 0 Å². The van der Waals surface area contributed by atoms with Crippen molar-refractivity contribution in [3.8, 4) is 5.75 Å². The molecule has 1 fully saturated rings. The van der Waals surface area contributed by atoms with Crippen LogP contribution in [-0.4, -0.2) is 35.0 Å². The predicted molar refractivity (Wildman–Crippen MR) is 126 cm³/mol. The number of hydrogen-bond acceptors (Lipinski definition) is 3. The van der Waals surface area contributed by atoms with Crippen LogP contribution in [0.4, 0.5) is 5.69 Å². The highest BCUT2D eigenvalue weighted by Gasteiger charge is 2.30. The molecule has 160 valence electrons. The second kappa shape index (κ2) is 9.54. The van der Waals surface area contributed by atoms with Gasteiger partial charge in [-0.15, -0.1) is 0 Å². The molecule has 0 bridgehead atoms. The number of para-hydroxylation sites is 1. The van der Waals surface area contributed by atoms with Crippen LogP contribution >= 0.6 is 11.6 Å². The second-order valence-electron chi connectivity index (χ2n) is 8.16. The van der Waals surface area contributed by atoms with Gasteiger partial charge in [-0.1, -0.05) is 47.5 Å². The molecule has 0 atom stereocenters. The summed E-state index contributed by atoms with van der Waals surface area (Å²) in [5, 5.41) is 10.8. The summed E-state index contributed by atoms with van der Waals surface area (Å²) < 4.78 is 0. The third-order valence-corrected chi connectivity index (χ3v) is 6.14. The van der Waals surface area contributed by atoms with Crippen LogP contribution < -0.4 is 4.90 Å². The number of amides is 1. The minimum absolute atomic E-state index is 0.0390. The summed E-state index contributed by atoms with van der Waals surface area (Å²) in [7, 11) is 0. The van der Waals surface area contributed by atoms with Crippen LogP contribution in [0.15, 0.2) is 72.8 Å². The lowest BCUT2D eigenvalue weighted by atomic mass is 10.00. The fraction of sp³-hybridized carbons (Fsp3) is 0.269. The highest BCUT2D eigenvalue weighted by molar-refractivity contribution is 6.30. The number of likely N-dealkylation sites (tertiary alicyclic amines) is 1. The fourth-order valence-electron chi connectivity index (χ4n) is 4.17. The second-order valence-corrected chi connectivity index (χ2v) is 8.59. The summed E-state index contributed by atoms with van der Waals surface area (Å²) >= 11 is 6.10. The summed E-state index contributed by atoms with van der Waals surface area (Å²) in [5.41, 5.74) is 3.61. The molecule has 0 spiro atoms. The van der Waals surface area contributed by atoms with Crippen LogP contribution in [-0.2, 0) is 6.54 Å². The molecule has 4 nitrogen and oxygen atoms in total. The number of aryl methyl sites for hydroxylation is 1. The fourth-order valence-corrected chi connectivity index (χ4v) is 4.37. The summed E-state index contributed by atoms with van der Waals surface area (Å²) in [6.07, 6.45) is 1.74. The SMILES string of the molecule is Cc1ccc(C(=O)N(c2ccccc2)C2CCN(Cc3cc(Cl)ccc3O)CC2)cc1. The van der Waals surface area contributed by atoms with E-state index in [0.29, 0.717) is 17.1 Å². The molecule has 1 aliphatic rings. The lowest BCUT2D eigenvalue weighted by Crippen LogP contribution is -2.47. The summed E-state index contributed by atoms with van der Waals surface area (Å²) in [6, 6.07) is 23.0. The van der Waals surface area contributed by atoms with E-state index < -0.39 is 0 Å². The Morgan fingerprint density at radius 3 is 2.39 bits per heavy atom. The number of piperidine rings is 1. The highest BCUT2D eigenvalue weighted by Crippen LogP contribution is 2.28. The number of benzene rings is 3. The van der Waals surface area contributed by atoms with Crippen LogP contribution in [0.3, 0.4) is 0 Å². The van der Waals surface area contributed by atoms with Gasteiger partial charge in [-0.25, -0.2) is 0 Å². The van der Waals surface area contributed by atoms with E-state index in [2.05, 4.69) is 4.90 Å². The van der Waals surface area contributed by atoms with Gasteiger partial charge in [0.2, 0.25) is 0 Å². The van der Waals surface area contributed by atoms with Gasteiger partial charge in [0.05, 0.1) is 0 Å². The van der Waals surface area contributed by atoms with Crippen LogP contribution in [0.5, 0.6) is 5.75 Å². The lowest BCUT2D eigenvalue weighted by Gasteiger charge is -2.38. The van der Waals surface area contributed by atoms with Crippen molar-refractivity contribution in [1.82, 2.24) is 4.90 Å². The number of phenols is 1. The molecule has 1 saturated heterocycles. The molecular formula is C26H27ClN2O2. The van der Waals surface area contributed by atoms with Crippen molar-refractivity contribution in [2.45, 2.75) is 32.4 Å². The molecule has 0 radical (unpaired) electrons. The normalized spacial score (nSPS) is 15.0. The number of anilines is 1. The number of rotatable bonds is 5. The van der Waals surface area contributed by atoms with Gasteiger partial charge >= 0.3 is 0 Å². The number of halogens is 1. The first kappa shape index (κ1) is 21.4. The molecular weight excluding hydrogens is 408 g/mol. The molecule has 0 aromatic heterocycles. The molecule has 31 heavy (non-hydrogen) atoms. The van der Waals surface area contributed by atoms with Gasteiger partial charge in [0.25, 0.3) is 5.91 Å². The van der Waals surface area contributed by atoms with E-state index in [4.69, 9.17) is 11.6 Å². The largest absolute Gasteiger partial charge is 0.508 e. The van der Waals surface area contributed by atoms with Gasteiger partial charge in [-0.05, 0) is 62.2 Å². The van der Waals surface area contributed by atoms with Crippen LogP contribution in [0.1, 0.15) is 34.3 Å². The zero-order valence-corrected chi connectivity index (χ0v) is 18.4. The average Bonchev–Trinajstić information content (AvgIpc) is 2.79. The maximum absolute atomic E-state index is 13.5. The molecule has 1 amide bonds. The third-order valence-electron chi connectivity index (χ3n) is 5.91. The van der Waals surface area contributed by atoms with Gasteiger partial charge in [-0.3, -0.25) is 9.69 Å². The standard InChI is InChI=1S/C26H27ClN2O2/c1-19-7-9-20(10-8-19)26(31)29(23-5-3-2-4-6-23)24-13-15-28(16-14-24)18-21-17-22(27)11-12-25(21)30/h2-12,17,24,30H,13-16,18H2,1H3. The van der Waals surface area contributed by atoms with Crippen molar-refractivity contribution in [3.63, 3.8) is 0 Å². The van der Waals surface area contributed by atoms with E-state index in [9.17, 15) is 9.90 Å². The van der Waals surface area contributed by atoms with Crippen molar-refractivity contribution in [3.05, 3.63) is 94.5 Å². The Bertz CT molecular complexity index is 1030. The van der Waals surface area contributed by atoms with Gasteiger partial charge in [0, 0.05) is 47.5 Å². The van der Waals surface area contributed by atoms with Crippen molar-refractivity contribution >= 4 is 23.2 Å². The minimum Gasteiger partial charge on any atom is -0.508 e.